The van der Waals surface area contributed by atoms with Crippen LogP contribution in [0.4, 0.5) is 0 Å². The number of hydrogen-bond donors (Lipinski definition) is 0. The Morgan fingerprint density at radius 1 is 0.895 bits per heavy atom. The van der Waals surface area contributed by atoms with Gasteiger partial charge in [0.2, 0.25) is 0 Å². The van der Waals surface area contributed by atoms with E-state index in [1.807, 2.05) is 0 Å². The summed E-state index contributed by atoms with van der Waals surface area (Å²) in [7, 11) is -0.0979. The fraction of sp³-hybridized carbons (Fsp3) is 0.500. The van der Waals surface area contributed by atoms with Crippen molar-refractivity contribution in [2.75, 3.05) is 26.7 Å². The predicted molar refractivity (Wildman–Crippen MR) is 71.3 cm³/mol. The van der Waals surface area contributed by atoms with E-state index in [2.05, 4.69) is 13.2 Å². The van der Waals surface area contributed by atoms with E-state index in [-0.39, 0.29) is 23.6 Å². The minimum atomic E-state index is -2.93. The van der Waals surface area contributed by atoms with Crippen molar-refractivity contribution in [1.29, 1.82) is 0 Å². The van der Waals surface area contributed by atoms with Crippen molar-refractivity contribution in [2.24, 2.45) is 0 Å². The van der Waals surface area contributed by atoms with Crippen molar-refractivity contribution in [1.82, 2.24) is 0 Å². The van der Waals surface area contributed by atoms with E-state index in [0.29, 0.717) is 0 Å². The third-order valence-corrected chi connectivity index (χ3v) is 4.94. The summed E-state index contributed by atoms with van der Waals surface area (Å²) in [5, 5.41) is 0. The molecule has 0 heterocycles. The van der Waals surface area contributed by atoms with Crippen LogP contribution >= 0.6 is 0 Å². The van der Waals surface area contributed by atoms with Gasteiger partial charge in [0.05, 0.1) is 0 Å². The van der Waals surface area contributed by atoms with E-state index < -0.39 is 20.5 Å². The normalized spacial score (nSPS) is 10.7. The van der Waals surface area contributed by atoms with Crippen LogP contribution in [-0.2, 0) is 27.9 Å². The molecule has 0 spiro atoms. The highest BCUT2D eigenvalue weighted by atomic mass is 28.4. The molecule has 0 aliphatic heterocycles. The third kappa shape index (κ3) is 5.82. The zero-order valence-corrected chi connectivity index (χ0v) is 12.8. The van der Waals surface area contributed by atoms with Gasteiger partial charge in [-0.15, -0.1) is 0 Å². The van der Waals surface area contributed by atoms with Gasteiger partial charge in [0.1, 0.15) is 12.5 Å². The molecule has 0 fully saturated rings. The molecule has 108 valence electrons. The number of hydrogen-bond acceptors (Lipinski definition) is 6. The lowest BCUT2D eigenvalue weighted by atomic mass is 10.4. The molecule has 0 radical (unpaired) electrons. The van der Waals surface area contributed by atoms with Crippen molar-refractivity contribution in [3.05, 3.63) is 24.3 Å². The molecule has 0 aromatic heterocycles. The van der Waals surface area contributed by atoms with Crippen LogP contribution < -0.4 is 0 Å². The van der Waals surface area contributed by atoms with Gasteiger partial charge in [0.15, 0.2) is 0 Å². The molecular formula is C12H20O6Si. The molecule has 0 aromatic carbocycles. The van der Waals surface area contributed by atoms with Crippen molar-refractivity contribution >= 4 is 20.5 Å². The molecule has 0 rings (SSSR count). The topological polar surface area (TPSA) is 71.1 Å². The summed E-state index contributed by atoms with van der Waals surface area (Å²) in [6, 6.07) is 0. The summed E-state index contributed by atoms with van der Waals surface area (Å²) in [5.74, 6) is -1.09. The highest BCUT2D eigenvalue weighted by Gasteiger charge is 2.40. The quantitative estimate of drug-likeness (QED) is 0.377. The minimum Gasteiger partial charge on any atom is -0.460 e. The molecule has 0 amide bonds. The van der Waals surface area contributed by atoms with Crippen molar-refractivity contribution in [2.45, 2.75) is 13.8 Å². The fourth-order valence-electron chi connectivity index (χ4n) is 0.958. The van der Waals surface area contributed by atoms with Crippen molar-refractivity contribution in [3.63, 3.8) is 0 Å². The van der Waals surface area contributed by atoms with Gasteiger partial charge in [0.25, 0.3) is 0 Å². The Bertz CT molecular complexity index is 340. The SMILES string of the molecule is C=C(C)C(=O)OC[Si](COC(=O)C(=C)C)(OC)OC. The van der Waals surface area contributed by atoms with E-state index in [1.54, 1.807) is 0 Å². The molecule has 0 saturated carbocycles. The van der Waals surface area contributed by atoms with E-state index in [9.17, 15) is 9.59 Å². The highest BCUT2D eigenvalue weighted by molar-refractivity contribution is 6.67. The Morgan fingerprint density at radius 2 is 1.21 bits per heavy atom. The van der Waals surface area contributed by atoms with Gasteiger partial charge >= 0.3 is 20.5 Å². The molecule has 0 saturated heterocycles. The molecule has 0 N–H and O–H groups in total. The largest absolute Gasteiger partial charge is 0.460 e. The predicted octanol–water partition coefficient (Wildman–Crippen LogP) is 1.04. The van der Waals surface area contributed by atoms with E-state index in [4.69, 9.17) is 18.3 Å². The molecule has 0 aromatic rings. The first kappa shape index (κ1) is 17.6. The van der Waals surface area contributed by atoms with Gasteiger partial charge in [-0.2, -0.15) is 0 Å². The van der Waals surface area contributed by atoms with Gasteiger partial charge < -0.3 is 18.3 Å². The Hall–Kier alpha value is -1.44. The maximum atomic E-state index is 11.3. The van der Waals surface area contributed by atoms with Gasteiger partial charge in [-0.25, -0.2) is 9.59 Å². The smallest absolute Gasteiger partial charge is 0.415 e. The zero-order chi connectivity index (χ0) is 15.1. The molecule has 0 atom stereocenters. The van der Waals surface area contributed by atoms with Crippen LogP contribution in [0.2, 0.25) is 0 Å². The van der Waals surface area contributed by atoms with E-state index in [1.165, 1.54) is 28.1 Å². The molecule has 0 aliphatic carbocycles. The summed E-state index contributed by atoms with van der Waals surface area (Å²) >= 11 is 0. The number of carbonyl (C=O) groups is 2. The van der Waals surface area contributed by atoms with E-state index >= 15 is 0 Å². The fourth-order valence-corrected chi connectivity index (χ4v) is 2.38. The van der Waals surface area contributed by atoms with Crippen molar-refractivity contribution < 1.29 is 27.9 Å². The van der Waals surface area contributed by atoms with Crippen LogP contribution in [-0.4, -0.2) is 47.2 Å². The number of ether oxygens (including phenoxy) is 2. The summed E-state index contributed by atoms with van der Waals surface area (Å²) in [4.78, 5) is 22.7. The second-order valence-electron chi connectivity index (χ2n) is 4.03. The van der Waals surface area contributed by atoms with Crippen molar-refractivity contribution in [3.8, 4) is 0 Å². The highest BCUT2D eigenvalue weighted by Crippen LogP contribution is 2.09. The van der Waals surface area contributed by atoms with Crippen LogP contribution in [0.25, 0.3) is 0 Å². The van der Waals surface area contributed by atoms with Crippen LogP contribution in [0.5, 0.6) is 0 Å². The summed E-state index contributed by atoms with van der Waals surface area (Å²) in [6.45, 7) is 10.0. The maximum absolute atomic E-state index is 11.3. The average molecular weight is 288 g/mol. The Balaban J connectivity index is 4.58. The first-order valence-corrected chi connectivity index (χ1v) is 7.76. The first-order chi connectivity index (χ1) is 8.78. The molecule has 0 aliphatic rings. The van der Waals surface area contributed by atoms with Crippen LogP contribution in [0.15, 0.2) is 24.3 Å². The zero-order valence-electron chi connectivity index (χ0n) is 11.8. The maximum Gasteiger partial charge on any atom is 0.415 e. The molecule has 19 heavy (non-hydrogen) atoms. The third-order valence-electron chi connectivity index (χ3n) is 2.29. The molecule has 0 unspecified atom stereocenters. The molecule has 6 nitrogen and oxygen atoms in total. The number of carbonyl (C=O) groups excluding carboxylic acids is 2. The van der Waals surface area contributed by atoms with Crippen LogP contribution in [0.1, 0.15) is 13.8 Å². The Labute approximate surface area is 114 Å². The second kappa shape index (κ2) is 7.88. The molecular weight excluding hydrogens is 268 g/mol. The lowest BCUT2D eigenvalue weighted by molar-refractivity contribution is -0.139. The van der Waals surface area contributed by atoms with Gasteiger partial charge in [-0.3, -0.25) is 0 Å². The summed E-state index contributed by atoms with van der Waals surface area (Å²) in [5.41, 5.74) is 0.545. The molecule has 0 bridgehead atoms. The van der Waals surface area contributed by atoms with Gasteiger partial charge in [0, 0.05) is 25.4 Å². The summed E-state index contributed by atoms with van der Waals surface area (Å²) in [6.07, 6.45) is -0.176. The van der Waals surface area contributed by atoms with E-state index in [0.717, 1.165) is 0 Å². The van der Waals surface area contributed by atoms with Crippen LogP contribution in [0, 0.1) is 0 Å². The Kier molecular flexibility index (Phi) is 7.28. The lowest BCUT2D eigenvalue weighted by Crippen LogP contribution is -2.51. The first-order valence-electron chi connectivity index (χ1n) is 5.53. The Morgan fingerprint density at radius 3 is 1.42 bits per heavy atom. The summed E-state index contributed by atoms with van der Waals surface area (Å²) < 4.78 is 20.5. The second-order valence-corrected chi connectivity index (χ2v) is 7.25. The van der Waals surface area contributed by atoms with Gasteiger partial charge in [-0.05, 0) is 13.8 Å². The number of esters is 2. The number of rotatable bonds is 8. The standard InChI is InChI=1S/C12H20O6Si/c1-9(2)11(13)17-7-19(15-5,16-6)8-18-12(14)10(3)4/h1,3,7-8H2,2,4-6H3. The lowest BCUT2D eigenvalue weighted by Gasteiger charge is -2.26. The van der Waals surface area contributed by atoms with Gasteiger partial charge in [-0.1, -0.05) is 13.2 Å². The minimum absolute atomic E-state index is 0.0881. The average Bonchev–Trinajstić information content (AvgIpc) is 2.38. The van der Waals surface area contributed by atoms with Crippen LogP contribution in [0.3, 0.4) is 0 Å². The molecule has 7 heteroatoms. The monoisotopic (exact) mass is 288 g/mol.